The summed E-state index contributed by atoms with van der Waals surface area (Å²) in [7, 11) is -1.83. The second-order valence-corrected chi connectivity index (χ2v) is 17.2. The van der Waals surface area contributed by atoms with Crippen LogP contribution in [0.1, 0.15) is 33.6 Å². The highest BCUT2D eigenvalue weighted by Gasteiger charge is 2.46. The van der Waals surface area contributed by atoms with E-state index in [-0.39, 0.29) is 27.8 Å². The fourth-order valence-electron chi connectivity index (χ4n) is 4.47. The van der Waals surface area contributed by atoms with Gasteiger partial charge in [0.15, 0.2) is 14.1 Å². The molecule has 4 rings (SSSR count). The first-order valence-electron chi connectivity index (χ1n) is 10.3. The number of anilines is 1. The summed E-state index contributed by atoms with van der Waals surface area (Å²) in [6, 6.07) is 1.48. The number of aromatic nitrogens is 2. The first-order valence-corrected chi connectivity index (χ1v) is 15.5. The van der Waals surface area contributed by atoms with E-state index in [1.807, 2.05) is 0 Å². The molecule has 2 fully saturated rings. The van der Waals surface area contributed by atoms with E-state index in [0.717, 1.165) is 33.4 Å². The number of benzene rings is 1. The maximum atomic E-state index is 14.7. The Labute approximate surface area is 205 Å². The van der Waals surface area contributed by atoms with E-state index in [1.54, 1.807) is 0 Å². The Morgan fingerprint density at radius 1 is 1.27 bits per heavy atom. The summed E-state index contributed by atoms with van der Waals surface area (Å²) in [6.45, 7) is 13.2. The van der Waals surface area contributed by atoms with Crippen molar-refractivity contribution >= 4 is 75.2 Å². The number of halogens is 4. The highest BCUT2D eigenvalue weighted by molar-refractivity contribution is 14.1. The fraction of sp³-hybridized carbons (Fsp3) is 0.619. The van der Waals surface area contributed by atoms with Crippen LogP contribution in [0, 0.1) is 21.2 Å². The number of nitrogens with zero attached hydrogens (tertiary/aromatic N) is 3. The van der Waals surface area contributed by atoms with Crippen molar-refractivity contribution in [1.82, 2.24) is 9.97 Å². The zero-order valence-corrected chi connectivity index (χ0v) is 23.4. The van der Waals surface area contributed by atoms with E-state index in [1.165, 1.54) is 12.5 Å². The highest BCUT2D eigenvalue weighted by atomic mass is 127. The second-order valence-electron chi connectivity index (χ2n) is 10.1. The van der Waals surface area contributed by atoms with Gasteiger partial charge in [0, 0.05) is 33.2 Å². The Kier molecular flexibility index (Phi) is 6.23. The zero-order chi connectivity index (χ0) is 22.0. The molecule has 0 spiro atoms. The van der Waals surface area contributed by atoms with Gasteiger partial charge in [0.1, 0.15) is 11.3 Å². The molecule has 1 aliphatic heterocycles. The van der Waals surface area contributed by atoms with Crippen LogP contribution in [-0.4, -0.2) is 37.5 Å². The standard InChI is InChI=1S/C21H27BrClFIN3OSi/c1-21(2,3)30(4,5)29-15-7-11-6-12(15)10-28(9-11)19-16-17(22)14(25)8-13(24)18(16)26-20(23)27-19/h8,11-12,15H,6-7,9-10H2,1-5H3/t11-,12-,15-/m1/s1. The molecule has 2 aliphatic rings. The Bertz CT molecular complexity index is 1000. The smallest absolute Gasteiger partial charge is 0.225 e. The molecule has 0 N–H and O–H groups in total. The predicted octanol–water partition coefficient (Wildman–Crippen LogP) is 7.03. The maximum Gasteiger partial charge on any atom is 0.225 e. The molecule has 2 aromatic rings. The minimum atomic E-state index is -1.83. The van der Waals surface area contributed by atoms with Gasteiger partial charge in [-0.3, -0.25) is 0 Å². The summed E-state index contributed by atoms with van der Waals surface area (Å²) >= 11 is 12.0. The van der Waals surface area contributed by atoms with Crippen molar-refractivity contribution in [2.75, 3.05) is 18.0 Å². The molecule has 1 saturated heterocycles. The van der Waals surface area contributed by atoms with Gasteiger partial charge in [-0.05, 0) is 93.1 Å². The maximum absolute atomic E-state index is 14.7. The van der Waals surface area contributed by atoms with Crippen LogP contribution in [-0.2, 0) is 4.43 Å². The van der Waals surface area contributed by atoms with Gasteiger partial charge in [-0.2, -0.15) is 4.98 Å². The molecule has 0 amide bonds. The molecule has 2 heterocycles. The summed E-state index contributed by atoms with van der Waals surface area (Å²) < 4.78 is 23.1. The highest BCUT2D eigenvalue weighted by Crippen LogP contribution is 2.46. The lowest BCUT2D eigenvalue weighted by atomic mass is 9.98. The second kappa shape index (κ2) is 8.08. The van der Waals surface area contributed by atoms with Crippen molar-refractivity contribution in [3.63, 3.8) is 0 Å². The number of hydrogen-bond acceptors (Lipinski definition) is 4. The lowest BCUT2D eigenvalue weighted by Crippen LogP contribution is -2.46. The molecule has 3 atom stereocenters. The predicted molar refractivity (Wildman–Crippen MR) is 135 cm³/mol. The summed E-state index contributed by atoms with van der Waals surface area (Å²) in [6.07, 6.45) is 2.54. The third-order valence-corrected chi connectivity index (χ3v) is 14.1. The van der Waals surface area contributed by atoms with Crippen LogP contribution in [0.25, 0.3) is 10.9 Å². The Morgan fingerprint density at radius 3 is 2.63 bits per heavy atom. The van der Waals surface area contributed by atoms with Crippen molar-refractivity contribution in [3.8, 4) is 0 Å². The van der Waals surface area contributed by atoms with E-state index < -0.39 is 8.32 Å². The first kappa shape index (κ1) is 23.1. The van der Waals surface area contributed by atoms with Crippen molar-refractivity contribution in [3.05, 3.63) is 25.2 Å². The molecule has 164 valence electrons. The van der Waals surface area contributed by atoms with Gasteiger partial charge in [0.2, 0.25) is 5.28 Å². The normalized spacial score (nSPS) is 24.7. The minimum Gasteiger partial charge on any atom is -0.414 e. The van der Waals surface area contributed by atoms with Crippen LogP contribution in [0.4, 0.5) is 10.2 Å². The fourth-order valence-corrected chi connectivity index (χ4v) is 7.05. The lowest BCUT2D eigenvalue weighted by Gasteiger charge is -2.40. The minimum absolute atomic E-state index is 0.0801. The SMILES string of the molecule is CC(C)(C)[Si](C)(C)O[C@@H]1C[C@H]2C[C@@H]1CN(c1nc(Cl)nc3c(F)cc(I)c(Br)c13)C2. The summed E-state index contributed by atoms with van der Waals surface area (Å²) in [4.78, 5) is 11.0. The van der Waals surface area contributed by atoms with E-state index >= 15 is 0 Å². The third-order valence-electron chi connectivity index (χ3n) is 6.98. The average Bonchev–Trinajstić information content (AvgIpc) is 2.90. The van der Waals surface area contributed by atoms with Crippen LogP contribution < -0.4 is 4.90 Å². The summed E-state index contributed by atoms with van der Waals surface area (Å²) in [5.74, 6) is 1.35. The molecule has 0 radical (unpaired) electrons. The van der Waals surface area contributed by atoms with Gasteiger partial charge in [0.05, 0.1) is 5.39 Å². The Hall–Kier alpha value is -0.0331. The van der Waals surface area contributed by atoms with E-state index in [0.29, 0.717) is 17.2 Å². The quantitative estimate of drug-likeness (QED) is 0.159. The van der Waals surface area contributed by atoms with Crippen LogP contribution in [0.15, 0.2) is 10.5 Å². The van der Waals surface area contributed by atoms with Crippen molar-refractivity contribution in [1.29, 1.82) is 0 Å². The summed E-state index contributed by atoms with van der Waals surface area (Å²) in [5.41, 5.74) is 0.268. The van der Waals surface area contributed by atoms with Crippen molar-refractivity contribution in [2.24, 2.45) is 11.8 Å². The number of piperidine rings is 1. The van der Waals surface area contributed by atoms with E-state index in [4.69, 9.17) is 16.0 Å². The van der Waals surface area contributed by atoms with Crippen LogP contribution in [0.5, 0.6) is 0 Å². The van der Waals surface area contributed by atoms with Crippen LogP contribution >= 0.6 is 50.1 Å². The zero-order valence-electron chi connectivity index (χ0n) is 17.9. The van der Waals surface area contributed by atoms with Gasteiger partial charge in [-0.15, -0.1) is 0 Å². The van der Waals surface area contributed by atoms with Crippen LogP contribution in [0.2, 0.25) is 23.4 Å². The molecule has 9 heteroatoms. The third kappa shape index (κ3) is 4.15. The number of rotatable bonds is 3. The van der Waals surface area contributed by atoms with Gasteiger partial charge < -0.3 is 9.33 Å². The Morgan fingerprint density at radius 2 is 1.97 bits per heavy atom. The molecule has 1 aliphatic carbocycles. The molecule has 1 aromatic heterocycles. The molecular weight excluding hydrogens is 600 g/mol. The van der Waals surface area contributed by atoms with Gasteiger partial charge in [0.25, 0.3) is 0 Å². The van der Waals surface area contributed by atoms with E-state index in [2.05, 4.69) is 87.3 Å². The van der Waals surface area contributed by atoms with Gasteiger partial charge in [-0.25, -0.2) is 9.37 Å². The molecule has 30 heavy (non-hydrogen) atoms. The largest absolute Gasteiger partial charge is 0.414 e. The summed E-state index contributed by atoms with van der Waals surface area (Å²) in [5, 5.41) is 0.974. The molecule has 2 bridgehead atoms. The first-order chi connectivity index (χ1) is 13.9. The Balaban J connectivity index is 1.68. The number of fused-ring (bicyclic) bond motifs is 3. The van der Waals surface area contributed by atoms with Crippen molar-refractivity contribution < 1.29 is 8.82 Å². The average molecular weight is 627 g/mol. The van der Waals surface area contributed by atoms with E-state index in [9.17, 15) is 4.39 Å². The monoisotopic (exact) mass is 625 g/mol. The molecule has 1 aromatic carbocycles. The molecule has 4 nitrogen and oxygen atoms in total. The van der Waals surface area contributed by atoms with Gasteiger partial charge >= 0.3 is 0 Å². The molecular formula is C21H27BrClFIN3OSi. The van der Waals surface area contributed by atoms with Crippen LogP contribution in [0.3, 0.4) is 0 Å². The number of hydrogen-bond donors (Lipinski definition) is 0. The molecule has 0 unspecified atom stereocenters. The van der Waals surface area contributed by atoms with Crippen molar-refractivity contribution in [2.45, 2.75) is 57.8 Å². The van der Waals surface area contributed by atoms with Gasteiger partial charge in [-0.1, -0.05) is 20.8 Å². The lowest BCUT2D eigenvalue weighted by molar-refractivity contribution is 0.145. The topological polar surface area (TPSA) is 38.2 Å². The molecule has 1 saturated carbocycles.